The van der Waals surface area contributed by atoms with Crippen LogP contribution in [0.2, 0.25) is 0 Å². The van der Waals surface area contributed by atoms with E-state index < -0.39 is 0 Å². The van der Waals surface area contributed by atoms with Crippen molar-refractivity contribution in [1.82, 2.24) is 0 Å². The van der Waals surface area contributed by atoms with Crippen LogP contribution in [0.4, 0.5) is 0 Å². The monoisotopic (exact) mass is 366 g/mol. The molecule has 0 amide bonds. The Morgan fingerprint density at radius 2 is 0.533 bits per heavy atom. The quantitative estimate of drug-likeness (QED) is 0.578. The molecule has 0 aromatic carbocycles. The summed E-state index contributed by atoms with van der Waals surface area (Å²) in [5.74, 6) is 0. The first-order valence-corrected chi connectivity index (χ1v) is 4.30. The molecule has 0 atom stereocenters. The van der Waals surface area contributed by atoms with Gasteiger partial charge in [0.1, 0.15) is 0 Å². The second-order valence-corrected chi connectivity index (χ2v) is 2.12. The molecule has 78 valence electrons. The third kappa shape index (κ3) is 31.3. The SMILES string of the molecule is [CH2][CH][CH2].[CH2][CH][CH2].[CH]1[CH][CH][CH][CH][CH][CH][CH]1.[Hf]. The van der Waals surface area contributed by atoms with Crippen molar-refractivity contribution in [2.75, 3.05) is 0 Å². The van der Waals surface area contributed by atoms with Crippen LogP contribution >= 0.6 is 0 Å². The van der Waals surface area contributed by atoms with Crippen LogP contribution in [0, 0.1) is 91.9 Å². The fourth-order valence-corrected chi connectivity index (χ4v) is 0.513. The molecule has 0 unspecified atom stereocenters. The molecule has 0 aliphatic heterocycles. The van der Waals surface area contributed by atoms with Gasteiger partial charge in [-0.25, -0.2) is 0 Å². The molecule has 0 nitrogen and oxygen atoms in total. The summed E-state index contributed by atoms with van der Waals surface area (Å²) in [7, 11) is 0. The first-order chi connectivity index (χ1) is 6.83. The van der Waals surface area contributed by atoms with Gasteiger partial charge in [0.15, 0.2) is 0 Å². The zero-order valence-corrected chi connectivity index (χ0v) is 12.7. The first-order valence-electron chi connectivity index (χ1n) is 4.30. The number of hydrogen-bond donors (Lipinski definition) is 0. The van der Waals surface area contributed by atoms with E-state index >= 15 is 0 Å². The van der Waals surface area contributed by atoms with Crippen LogP contribution in [-0.4, -0.2) is 0 Å². The van der Waals surface area contributed by atoms with E-state index in [1.54, 1.807) is 0 Å². The molecule has 0 heterocycles. The fraction of sp³-hybridized carbons (Fsp3) is 0. The van der Waals surface area contributed by atoms with E-state index in [9.17, 15) is 0 Å². The molecule has 1 heteroatoms. The van der Waals surface area contributed by atoms with Gasteiger partial charge in [-0.2, -0.15) is 0 Å². The van der Waals surface area contributed by atoms with E-state index in [0.717, 1.165) is 0 Å². The van der Waals surface area contributed by atoms with Crippen LogP contribution in [0.3, 0.4) is 0 Å². The van der Waals surface area contributed by atoms with E-state index in [4.69, 9.17) is 0 Å². The van der Waals surface area contributed by atoms with Gasteiger partial charge in [-0.3, -0.25) is 0 Å². The topological polar surface area (TPSA) is 0 Å². The Balaban J connectivity index is -0.000000177. The Morgan fingerprint density at radius 3 is 0.600 bits per heavy atom. The van der Waals surface area contributed by atoms with Crippen LogP contribution in [0.5, 0.6) is 0 Å². The molecule has 14 radical (unpaired) electrons. The van der Waals surface area contributed by atoms with Crippen molar-refractivity contribution in [1.29, 1.82) is 0 Å². The molecule has 15 heavy (non-hydrogen) atoms. The second kappa shape index (κ2) is 24.2. The Hall–Kier alpha value is 0.870. The maximum atomic E-state index is 3.25. The summed E-state index contributed by atoms with van der Waals surface area (Å²) < 4.78 is 0. The molecule has 1 fully saturated rings. The van der Waals surface area contributed by atoms with Crippen LogP contribution in [-0.2, 0) is 25.8 Å². The minimum absolute atomic E-state index is 0. The van der Waals surface area contributed by atoms with Crippen molar-refractivity contribution >= 4 is 0 Å². The van der Waals surface area contributed by atoms with Gasteiger partial charge in [-0.1, -0.05) is 0 Å². The van der Waals surface area contributed by atoms with Gasteiger partial charge in [0, 0.05) is 25.8 Å². The Bertz CT molecular complexity index is 45.7. The van der Waals surface area contributed by atoms with Gasteiger partial charge < -0.3 is 0 Å². The minimum atomic E-state index is 0. The number of hydrogen-bond acceptors (Lipinski definition) is 0. The standard InChI is InChI=1S/C8H8.2C3H5.Hf/c1-2-4-6-8-7-5-3-1;2*1-3-2;/h1-8H;2*3H,1-2H2;. The summed E-state index contributed by atoms with van der Waals surface area (Å²) >= 11 is 0. The second-order valence-electron chi connectivity index (χ2n) is 2.12. The maximum absolute atomic E-state index is 3.25. The van der Waals surface area contributed by atoms with Gasteiger partial charge in [0.2, 0.25) is 0 Å². The molecule has 0 aromatic rings. The molecule has 0 aromatic heterocycles. The summed E-state index contributed by atoms with van der Waals surface area (Å²) in [4.78, 5) is 0. The van der Waals surface area contributed by atoms with Crippen molar-refractivity contribution in [3.05, 3.63) is 91.9 Å². The van der Waals surface area contributed by atoms with Crippen molar-refractivity contribution in [2.24, 2.45) is 0 Å². The summed E-state index contributed by atoms with van der Waals surface area (Å²) in [5, 5.41) is 0. The zero-order valence-electron chi connectivity index (χ0n) is 9.10. The van der Waals surface area contributed by atoms with E-state index in [-0.39, 0.29) is 25.8 Å². The smallest absolute Gasteiger partial charge is 0 e. The van der Waals surface area contributed by atoms with Gasteiger partial charge in [0.25, 0.3) is 0 Å². The Morgan fingerprint density at radius 1 is 0.467 bits per heavy atom. The van der Waals surface area contributed by atoms with Crippen LogP contribution < -0.4 is 0 Å². The third-order valence-corrected chi connectivity index (χ3v) is 0.889. The van der Waals surface area contributed by atoms with Gasteiger partial charge in [0.05, 0.1) is 0 Å². The van der Waals surface area contributed by atoms with Gasteiger partial charge >= 0.3 is 0 Å². The Kier molecular flexibility index (Phi) is 34.2. The number of rotatable bonds is 0. The molecule has 1 rings (SSSR count). The maximum Gasteiger partial charge on any atom is 0 e. The Labute approximate surface area is 117 Å². The van der Waals surface area contributed by atoms with Crippen molar-refractivity contribution < 1.29 is 25.8 Å². The summed E-state index contributed by atoms with van der Waals surface area (Å²) in [6, 6.07) is 0. The molecular formula is C14H18Hf. The van der Waals surface area contributed by atoms with E-state index in [1.807, 2.05) is 51.4 Å². The van der Waals surface area contributed by atoms with E-state index in [0.29, 0.717) is 0 Å². The van der Waals surface area contributed by atoms with Crippen LogP contribution in [0.1, 0.15) is 0 Å². The average molecular weight is 365 g/mol. The summed E-state index contributed by atoms with van der Waals surface area (Å²) in [5.41, 5.74) is 0. The molecule has 1 aliphatic carbocycles. The largest absolute Gasteiger partial charge is 0.0499 e. The summed E-state index contributed by atoms with van der Waals surface area (Å²) in [6.07, 6.45) is 19.0. The molecule has 0 spiro atoms. The van der Waals surface area contributed by atoms with Crippen LogP contribution in [0.15, 0.2) is 0 Å². The van der Waals surface area contributed by atoms with Crippen molar-refractivity contribution in [2.45, 2.75) is 0 Å². The van der Waals surface area contributed by atoms with Crippen molar-refractivity contribution in [3.8, 4) is 0 Å². The van der Waals surface area contributed by atoms with Crippen LogP contribution in [0.25, 0.3) is 0 Å². The first kappa shape index (κ1) is 21.2. The molecule has 0 bridgehead atoms. The van der Waals surface area contributed by atoms with Gasteiger partial charge in [-0.15, -0.1) is 0 Å². The molecule has 1 saturated carbocycles. The van der Waals surface area contributed by atoms with Crippen molar-refractivity contribution in [3.63, 3.8) is 0 Å². The minimum Gasteiger partial charge on any atom is -0.0499 e. The predicted octanol–water partition coefficient (Wildman–Crippen LogP) is 3.35. The van der Waals surface area contributed by atoms with Gasteiger partial charge in [-0.05, 0) is 91.9 Å². The average Bonchev–Trinajstić information content (AvgIpc) is 2.04. The third-order valence-electron chi connectivity index (χ3n) is 0.889. The predicted molar refractivity (Wildman–Crippen MR) is 64.4 cm³/mol. The van der Waals surface area contributed by atoms with E-state index in [2.05, 4.69) is 27.7 Å². The molecular weight excluding hydrogens is 347 g/mol. The zero-order chi connectivity index (χ0) is 11.1. The molecule has 1 aliphatic rings. The fourth-order valence-electron chi connectivity index (χ4n) is 0.513. The molecule has 0 N–H and O–H groups in total. The van der Waals surface area contributed by atoms with E-state index in [1.165, 1.54) is 12.8 Å². The molecule has 0 saturated heterocycles. The summed E-state index contributed by atoms with van der Waals surface area (Å²) in [6.45, 7) is 13.0. The normalized spacial score (nSPS) is 15.2.